The first-order valence-corrected chi connectivity index (χ1v) is 4.85. The molecule has 0 atom stereocenters. The fourth-order valence-electron chi connectivity index (χ4n) is 1.29. The molecule has 17 heavy (non-hydrogen) atoms. The Bertz CT molecular complexity index is 424. The van der Waals surface area contributed by atoms with Crippen LogP contribution < -0.4 is 9.47 Å². The third kappa shape index (κ3) is 3.87. The van der Waals surface area contributed by atoms with Crippen LogP contribution in [0.1, 0.15) is 12.5 Å². The van der Waals surface area contributed by atoms with Gasteiger partial charge in [0.25, 0.3) is 0 Å². The number of hydrogen-bond acceptors (Lipinski definition) is 3. The summed E-state index contributed by atoms with van der Waals surface area (Å²) in [5, 5.41) is 8.54. The van der Waals surface area contributed by atoms with Gasteiger partial charge in [-0.3, -0.25) is 0 Å². The SMILES string of the molecule is CCOc1cccc(CC#N)c1OC(F)(F)F. The smallest absolute Gasteiger partial charge is 0.490 e. The highest BCUT2D eigenvalue weighted by Crippen LogP contribution is 2.35. The minimum Gasteiger partial charge on any atom is -0.490 e. The Morgan fingerprint density at radius 1 is 1.35 bits per heavy atom. The lowest BCUT2D eigenvalue weighted by molar-refractivity contribution is -0.275. The maximum atomic E-state index is 12.2. The lowest BCUT2D eigenvalue weighted by Crippen LogP contribution is -2.19. The molecule has 6 heteroatoms. The summed E-state index contributed by atoms with van der Waals surface area (Å²) in [6.07, 6.45) is -4.98. The minimum absolute atomic E-state index is 0.0161. The Morgan fingerprint density at radius 3 is 2.59 bits per heavy atom. The average molecular weight is 245 g/mol. The molecule has 0 aliphatic carbocycles. The van der Waals surface area contributed by atoms with E-state index in [1.165, 1.54) is 18.2 Å². The van der Waals surface area contributed by atoms with Crippen LogP contribution in [-0.4, -0.2) is 13.0 Å². The van der Waals surface area contributed by atoms with Crippen LogP contribution in [0.25, 0.3) is 0 Å². The first kappa shape index (κ1) is 13.2. The first-order chi connectivity index (χ1) is 7.98. The summed E-state index contributed by atoms with van der Waals surface area (Å²) < 4.78 is 45.6. The molecule has 1 rings (SSSR count). The monoisotopic (exact) mass is 245 g/mol. The summed E-state index contributed by atoms with van der Waals surface area (Å²) >= 11 is 0. The Hall–Kier alpha value is -1.90. The summed E-state index contributed by atoms with van der Waals surface area (Å²) in [7, 11) is 0. The van der Waals surface area contributed by atoms with Crippen molar-refractivity contribution in [3.05, 3.63) is 23.8 Å². The summed E-state index contributed by atoms with van der Waals surface area (Å²) in [4.78, 5) is 0. The highest BCUT2D eigenvalue weighted by Gasteiger charge is 2.33. The van der Waals surface area contributed by atoms with E-state index < -0.39 is 12.1 Å². The van der Waals surface area contributed by atoms with Crippen molar-refractivity contribution in [1.29, 1.82) is 5.26 Å². The van der Waals surface area contributed by atoms with E-state index in [1.807, 2.05) is 0 Å². The average Bonchev–Trinajstić information content (AvgIpc) is 2.21. The second-order valence-corrected chi connectivity index (χ2v) is 3.06. The Labute approximate surface area is 96.4 Å². The molecule has 3 nitrogen and oxygen atoms in total. The van der Waals surface area contributed by atoms with E-state index >= 15 is 0 Å². The number of benzene rings is 1. The highest BCUT2D eigenvalue weighted by molar-refractivity contribution is 5.47. The minimum atomic E-state index is -4.81. The molecular formula is C11H10F3NO2. The number of nitrogens with zero attached hydrogens (tertiary/aromatic N) is 1. The second kappa shape index (κ2) is 5.43. The molecule has 0 fully saturated rings. The van der Waals surface area contributed by atoms with Crippen LogP contribution in [0.5, 0.6) is 11.5 Å². The van der Waals surface area contributed by atoms with E-state index in [1.54, 1.807) is 13.0 Å². The first-order valence-electron chi connectivity index (χ1n) is 4.85. The van der Waals surface area contributed by atoms with Crippen molar-refractivity contribution < 1.29 is 22.6 Å². The number of ether oxygens (including phenoxy) is 2. The van der Waals surface area contributed by atoms with Crippen LogP contribution in [0.4, 0.5) is 13.2 Å². The van der Waals surface area contributed by atoms with E-state index in [0.717, 1.165) is 0 Å². The van der Waals surface area contributed by atoms with Gasteiger partial charge >= 0.3 is 6.36 Å². The zero-order valence-electron chi connectivity index (χ0n) is 9.04. The van der Waals surface area contributed by atoms with E-state index in [0.29, 0.717) is 0 Å². The molecule has 0 aliphatic heterocycles. The zero-order chi connectivity index (χ0) is 12.9. The topological polar surface area (TPSA) is 42.2 Å². The molecule has 0 unspecified atom stereocenters. The van der Waals surface area contributed by atoms with Gasteiger partial charge in [0, 0.05) is 5.56 Å². The van der Waals surface area contributed by atoms with Gasteiger partial charge in [-0.2, -0.15) is 5.26 Å². The number of alkyl halides is 3. The van der Waals surface area contributed by atoms with E-state index in [4.69, 9.17) is 10.00 Å². The molecule has 1 aromatic carbocycles. The highest BCUT2D eigenvalue weighted by atomic mass is 19.4. The predicted molar refractivity (Wildman–Crippen MR) is 53.6 cm³/mol. The Morgan fingerprint density at radius 2 is 2.06 bits per heavy atom. The van der Waals surface area contributed by atoms with Crippen molar-refractivity contribution in [1.82, 2.24) is 0 Å². The van der Waals surface area contributed by atoms with Gasteiger partial charge in [0.15, 0.2) is 11.5 Å². The molecule has 0 saturated carbocycles. The van der Waals surface area contributed by atoms with Gasteiger partial charge < -0.3 is 9.47 Å². The Balaban J connectivity index is 3.14. The third-order valence-electron chi connectivity index (χ3n) is 1.85. The fourth-order valence-corrected chi connectivity index (χ4v) is 1.29. The van der Waals surface area contributed by atoms with Gasteiger partial charge in [-0.25, -0.2) is 0 Å². The molecule has 1 aromatic rings. The van der Waals surface area contributed by atoms with Crippen molar-refractivity contribution >= 4 is 0 Å². The van der Waals surface area contributed by atoms with Gasteiger partial charge in [0.2, 0.25) is 0 Å². The van der Waals surface area contributed by atoms with Crippen LogP contribution >= 0.6 is 0 Å². The zero-order valence-corrected chi connectivity index (χ0v) is 9.04. The van der Waals surface area contributed by atoms with Gasteiger partial charge in [-0.05, 0) is 13.0 Å². The van der Waals surface area contributed by atoms with Crippen molar-refractivity contribution in [2.24, 2.45) is 0 Å². The summed E-state index contributed by atoms with van der Waals surface area (Å²) in [6.45, 7) is 1.86. The molecule has 0 aliphatic rings. The van der Waals surface area contributed by atoms with Crippen molar-refractivity contribution in [3.8, 4) is 17.6 Å². The molecule has 0 amide bonds. The van der Waals surface area contributed by atoms with Crippen LogP contribution in [0.15, 0.2) is 18.2 Å². The molecule has 0 bridgehead atoms. The summed E-state index contributed by atoms with van der Waals surface area (Å²) in [6, 6.07) is 6.05. The maximum Gasteiger partial charge on any atom is 0.573 e. The molecule has 0 radical (unpaired) electrons. The number of halogens is 3. The molecule has 0 aromatic heterocycles. The van der Waals surface area contributed by atoms with Crippen molar-refractivity contribution in [2.45, 2.75) is 19.7 Å². The second-order valence-electron chi connectivity index (χ2n) is 3.06. The van der Waals surface area contributed by atoms with Gasteiger partial charge in [-0.1, -0.05) is 12.1 Å². The quantitative estimate of drug-likeness (QED) is 0.818. The molecule has 92 valence electrons. The number of rotatable bonds is 4. The van der Waals surface area contributed by atoms with Crippen LogP contribution in [0.2, 0.25) is 0 Å². The van der Waals surface area contributed by atoms with Crippen molar-refractivity contribution in [2.75, 3.05) is 6.61 Å². The normalized spacial score (nSPS) is 10.8. The summed E-state index contributed by atoms with van der Waals surface area (Å²) in [5.74, 6) is -0.457. The van der Waals surface area contributed by atoms with Gasteiger partial charge in [0.05, 0.1) is 19.1 Å². The number of nitriles is 1. The number of hydrogen-bond donors (Lipinski definition) is 0. The van der Waals surface area contributed by atoms with Gasteiger partial charge in [-0.15, -0.1) is 13.2 Å². The molecule has 0 N–H and O–H groups in total. The predicted octanol–water partition coefficient (Wildman–Crippen LogP) is 3.05. The van der Waals surface area contributed by atoms with E-state index in [9.17, 15) is 13.2 Å². The lowest BCUT2D eigenvalue weighted by atomic mass is 10.1. The maximum absolute atomic E-state index is 12.2. The van der Waals surface area contributed by atoms with Gasteiger partial charge in [0.1, 0.15) is 0 Å². The standard InChI is InChI=1S/C11H10F3NO2/c1-2-16-9-5-3-4-8(6-7-15)10(9)17-11(12,13)14/h3-5H,2,6H2,1H3. The van der Waals surface area contributed by atoms with Crippen LogP contribution in [-0.2, 0) is 6.42 Å². The number of para-hydroxylation sites is 1. The fraction of sp³-hybridized carbons (Fsp3) is 0.364. The summed E-state index contributed by atoms with van der Waals surface area (Å²) in [5.41, 5.74) is 0.149. The lowest BCUT2D eigenvalue weighted by Gasteiger charge is -2.15. The molecule has 0 spiro atoms. The van der Waals surface area contributed by atoms with E-state index in [-0.39, 0.29) is 24.3 Å². The van der Waals surface area contributed by atoms with Crippen LogP contribution in [0, 0.1) is 11.3 Å². The molecular weight excluding hydrogens is 235 g/mol. The largest absolute Gasteiger partial charge is 0.573 e. The molecule has 0 saturated heterocycles. The van der Waals surface area contributed by atoms with Crippen molar-refractivity contribution in [3.63, 3.8) is 0 Å². The third-order valence-corrected chi connectivity index (χ3v) is 1.85. The molecule has 0 heterocycles. The van der Waals surface area contributed by atoms with Crippen LogP contribution in [0.3, 0.4) is 0 Å². The van der Waals surface area contributed by atoms with E-state index in [2.05, 4.69) is 4.74 Å². The Kier molecular flexibility index (Phi) is 4.21.